The first-order chi connectivity index (χ1) is 12.6. The summed E-state index contributed by atoms with van der Waals surface area (Å²) < 4.78 is 0. The molecule has 1 aliphatic carbocycles. The van der Waals surface area contributed by atoms with E-state index in [2.05, 4.69) is 34.1 Å². The molecular weight excluding hydrogens is 326 g/mol. The van der Waals surface area contributed by atoms with Gasteiger partial charge in [0.2, 0.25) is 11.8 Å². The summed E-state index contributed by atoms with van der Waals surface area (Å²) in [5, 5.41) is 0. The maximum Gasteiger partial charge on any atom is 0.234 e. The molecule has 0 N–H and O–H groups in total. The molecule has 2 atom stereocenters. The monoisotopic (exact) mass is 355 g/mol. The van der Waals surface area contributed by atoms with E-state index in [1.165, 1.54) is 29.0 Å². The van der Waals surface area contributed by atoms with Gasteiger partial charge in [-0.25, -0.2) is 0 Å². The highest BCUT2D eigenvalue weighted by molar-refractivity contribution is 6.05. The number of amides is 2. The zero-order valence-electron chi connectivity index (χ0n) is 15.7. The first-order valence-corrected chi connectivity index (χ1v) is 10.0. The van der Waals surface area contributed by atoms with Crippen molar-refractivity contribution in [2.75, 3.05) is 31.7 Å². The summed E-state index contributed by atoms with van der Waals surface area (Å²) in [5.74, 6) is 0.00169. The number of carbonyl (C=O) groups is 2. The molecule has 5 nitrogen and oxygen atoms in total. The van der Waals surface area contributed by atoms with Crippen LogP contribution in [0.15, 0.2) is 24.3 Å². The van der Waals surface area contributed by atoms with Gasteiger partial charge in [0.05, 0.1) is 18.5 Å². The van der Waals surface area contributed by atoms with Gasteiger partial charge in [-0.2, -0.15) is 0 Å². The Morgan fingerprint density at radius 2 is 1.58 bits per heavy atom. The van der Waals surface area contributed by atoms with Crippen LogP contribution >= 0.6 is 0 Å². The van der Waals surface area contributed by atoms with Crippen molar-refractivity contribution in [2.45, 2.75) is 45.1 Å². The van der Waals surface area contributed by atoms with E-state index in [9.17, 15) is 9.59 Å². The lowest BCUT2D eigenvalue weighted by atomic mass is 9.81. The van der Waals surface area contributed by atoms with Gasteiger partial charge in [-0.3, -0.25) is 19.4 Å². The summed E-state index contributed by atoms with van der Waals surface area (Å²) in [4.78, 5) is 31.4. The number of carbonyl (C=O) groups excluding carboxylic acids is 2. The zero-order chi connectivity index (χ0) is 18.1. The van der Waals surface area contributed by atoms with E-state index in [0.29, 0.717) is 6.67 Å². The number of nitrogens with zero attached hydrogens (tertiary/aromatic N) is 3. The van der Waals surface area contributed by atoms with Crippen molar-refractivity contribution in [1.82, 2.24) is 9.80 Å². The molecular formula is C21H29N3O2. The molecule has 2 amide bonds. The molecule has 1 aromatic rings. The molecule has 0 radical (unpaired) electrons. The van der Waals surface area contributed by atoms with Gasteiger partial charge in [0.25, 0.3) is 0 Å². The second kappa shape index (κ2) is 7.39. The minimum atomic E-state index is -0.0541. The van der Waals surface area contributed by atoms with Crippen molar-refractivity contribution in [3.05, 3.63) is 29.8 Å². The zero-order valence-corrected chi connectivity index (χ0v) is 15.7. The quantitative estimate of drug-likeness (QED) is 0.762. The molecule has 140 valence electrons. The Balaban J connectivity index is 1.44. The van der Waals surface area contributed by atoms with E-state index in [4.69, 9.17) is 0 Å². The molecule has 3 fully saturated rings. The molecule has 0 bridgehead atoms. The highest BCUT2D eigenvalue weighted by atomic mass is 16.2. The minimum absolute atomic E-state index is 0.0541. The van der Waals surface area contributed by atoms with Crippen LogP contribution in [-0.4, -0.2) is 48.4 Å². The number of imide groups is 1. The summed E-state index contributed by atoms with van der Waals surface area (Å²) in [5.41, 5.74) is 2.57. The predicted molar refractivity (Wildman–Crippen MR) is 102 cm³/mol. The Hall–Kier alpha value is -1.88. The fourth-order valence-corrected chi connectivity index (χ4v) is 4.86. The van der Waals surface area contributed by atoms with Crippen LogP contribution in [0.25, 0.3) is 0 Å². The molecule has 2 aliphatic heterocycles. The van der Waals surface area contributed by atoms with Gasteiger partial charge in [0.1, 0.15) is 0 Å². The molecule has 3 aliphatic rings. The normalized spacial score (nSPS) is 26.1. The number of anilines is 1. The topological polar surface area (TPSA) is 43.9 Å². The molecule has 1 saturated carbocycles. The van der Waals surface area contributed by atoms with Crippen molar-refractivity contribution in [3.8, 4) is 0 Å². The van der Waals surface area contributed by atoms with Crippen molar-refractivity contribution >= 4 is 17.5 Å². The summed E-state index contributed by atoms with van der Waals surface area (Å²) >= 11 is 0. The summed E-state index contributed by atoms with van der Waals surface area (Å²) in [6.45, 7) is 3.39. The van der Waals surface area contributed by atoms with Crippen LogP contribution in [0.1, 0.15) is 44.1 Å². The van der Waals surface area contributed by atoms with Crippen LogP contribution in [-0.2, 0) is 16.1 Å². The van der Waals surface area contributed by atoms with Crippen LogP contribution in [0.3, 0.4) is 0 Å². The molecule has 5 heteroatoms. The lowest BCUT2D eigenvalue weighted by Crippen LogP contribution is -2.40. The highest BCUT2D eigenvalue weighted by Crippen LogP contribution is 2.38. The molecule has 26 heavy (non-hydrogen) atoms. The third-order valence-corrected chi connectivity index (χ3v) is 6.19. The Labute approximate surface area is 155 Å². The Kier molecular flexibility index (Phi) is 4.98. The van der Waals surface area contributed by atoms with E-state index >= 15 is 0 Å². The lowest BCUT2D eigenvalue weighted by molar-refractivity contribution is -0.142. The number of hydrogen-bond donors (Lipinski definition) is 0. The third kappa shape index (κ3) is 3.25. The average Bonchev–Trinajstić information content (AvgIpc) is 3.26. The maximum absolute atomic E-state index is 12.7. The van der Waals surface area contributed by atoms with Crippen molar-refractivity contribution in [3.63, 3.8) is 0 Å². The standard InChI is InChI=1S/C21H29N3O2/c1-22(14-16-8-2-5-11-19(16)23-12-6-7-13-23)15-24-20(25)17-9-3-4-10-18(17)21(24)26/h2,5,8,11,17-18H,3-4,6-7,9-10,12-15H2,1H3/t17-,18-/m0/s1. The lowest BCUT2D eigenvalue weighted by Gasteiger charge is -2.26. The molecule has 4 rings (SSSR count). The summed E-state index contributed by atoms with van der Waals surface area (Å²) in [7, 11) is 2.00. The Morgan fingerprint density at radius 1 is 0.962 bits per heavy atom. The largest absolute Gasteiger partial charge is 0.371 e. The fraction of sp³-hybridized carbons (Fsp3) is 0.619. The number of benzene rings is 1. The fourth-order valence-electron chi connectivity index (χ4n) is 4.86. The van der Waals surface area contributed by atoms with Crippen molar-refractivity contribution in [2.24, 2.45) is 11.8 Å². The second-order valence-electron chi connectivity index (χ2n) is 8.08. The van der Waals surface area contributed by atoms with Crippen LogP contribution in [0.2, 0.25) is 0 Å². The molecule has 2 saturated heterocycles. The van der Waals surface area contributed by atoms with Crippen LogP contribution in [0, 0.1) is 11.8 Å². The van der Waals surface area contributed by atoms with Crippen LogP contribution < -0.4 is 4.90 Å². The van der Waals surface area contributed by atoms with Crippen molar-refractivity contribution in [1.29, 1.82) is 0 Å². The third-order valence-electron chi connectivity index (χ3n) is 6.19. The van der Waals surface area contributed by atoms with E-state index in [0.717, 1.165) is 45.3 Å². The van der Waals surface area contributed by atoms with Gasteiger partial charge in [-0.1, -0.05) is 31.0 Å². The van der Waals surface area contributed by atoms with Gasteiger partial charge in [-0.05, 0) is 44.4 Å². The van der Waals surface area contributed by atoms with Gasteiger partial charge in [-0.15, -0.1) is 0 Å². The summed E-state index contributed by atoms with van der Waals surface area (Å²) in [6, 6.07) is 8.52. The second-order valence-corrected chi connectivity index (χ2v) is 8.08. The SMILES string of the molecule is CN(Cc1ccccc1N1CCCC1)CN1C(=O)[C@H]2CCCC[C@@H]2C1=O. The number of hydrogen-bond acceptors (Lipinski definition) is 4. The first-order valence-electron chi connectivity index (χ1n) is 10.0. The van der Waals surface area contributed by atoms with Crippen molar-refractivity contribution < 1.29 is 9.59 Å². The van der Waals surface area contributed by atoms with E-state index < -0.39 is 0 Å². The highest BCUT2D eigenvalue weighted by Gasteiger charge is 2.48. The molecule has 0 unspecified atom stereocenters. The van der Waals surface area contributed by atoms with Gasteiger partial charge in [0, 0.05) is 25.3 Å². The summed E-state index contributed by atoms with van der Waals surface area (Å²) in [6.07, 6.45) is 6.42. The molecule has 2 heterocycles. The number of likely N-dealkylation sites (tertiary alicyclic amines) is 1. The van der Waals surface area contributed by atoms with E-state index in [1.54, 1.807) is 0 Å². The maximum atomic E-state index is 12.7. The van der Waals surface area contributed by atoms with Crippen LogP contribution in [0.4, 0.5) is 5.69 Å². The number of fused-ring (bicyclic) bond motifs is 1. The smallest absolute Gasteiger partial charge is 0.234 e. The molecule has 0 spiro atoms. The Bertz CT molecular complexity index is 660. The number of rotatable bonds is 5. The van der Waals surface area contributed by atoms with Gasteiger partial charge >= 0.3 is 0 Å². The first kappa shape index (κ1) is 17.5. The predicted octanol–water partition coefficient (Wildman–Crippen LogP) is 2.85. The van der Waals surface area contributed by atoms with Gasteiger partial charge in [0.15, 0.2) is 0 Å². The van der Waals surface area contributed by atoms with E-state index in [-0.39, 0.29) is 23.7 Å². The number of para-hydroxylation sites is 1. The average molecular weight is 355 g/mol. The van der Waals surface area contributed by atoms with E-state index in [1.807, 2.05) is 7.05 Å². The molecule has 0 aromatic heterocycles. The minimum Gasteiger partial charge on any atom is -0.371 e. The van der Waals surface area contributed by atoms with Crippen LogP contribution in [0.5, 0.6) is 0 Å². The van der Waals surface area contributed by atoms with Gasteiger partial charge < -0.3 is 4.90 Å². The molecule has 1 aromatic carbocycles. The Morgan fingerprint density at radius 3 is 2.23 bits per heavy atom.